The summed E-state index contributed by atoms with van der Waals surface area (Å²) in [6.45, 7) is 0.0905. The first-order chi connectivity index (χ1) is 7.27. The van der Waals surface area contributed by atoms with Gasteiger partial charge in [-0.3, -0.25) is 14.6 Å². The lowest BCUT2D eigenvalue weighted by Crippen LogP contribution is -2.36. The highest BCUT2D eigenvalue weighted by atomic mass is 16.2. The highest BCUT2D eigenvalue weighted by Gasteiger charge is 2.12. The van der Waals surface area contributed by atoms with Crippen molar-refractivity contribution >= 4 is 12.2 Å². The molecule has 1 rings (SSSR count). The molecule has 0 atom stereocenters. The Balaban J connectivity index is 2.66. The van der Waals surface area contributed by atoms with E-state index in [0.29, 0.717) is 0 Å². The van der Waals surface area contributed by atoms with Gasteiger partial charge in [-0.2, -0.15) is 0 Å². The Morgan fingerprint density at radius 3 is 2.87 bits per heavy atom. The average Bonchev–Trinajstić information content (AvgIpc) is 2.29. The normalized spacial score (nSPS) is 9.67. The van der Waals surface area contributed by atoms with Crippen molar-refractivity contribution in [2.45, 2.75) is 6.54 Å². The van der Waals surface area contributed by atoms with Gasteiger partial charge in [0.15, 0.2) is 0 Å². The Bertz CT molecular complexity index is 327. The lowest BCUT2D eigenvalue weighted by molar-refractivity contribution is -0.129. The second-order valence-corrected chi connectivity index (χ2v) is 2.92. The SMILES string of the molecule is NCC(=O)N(C[C]=O)Cc1ccccn1. The van der Waals surface area contributed by atoms with Crippen LogP contribution in [-0.2, 0) is 16.1 Å². The number of rotatable bonds is 5. The van der Waals surface area contributed by atoms with Crippen LogP contribution in [0.1, 0.15) is 5.69 Å². The minimum absolute atomic E-state index is 0.0768. The summed E-state index contributed by atoms with van der Waals surface area (Å²) < 4.78 is 0. The van der Waals surface area contributed by atoms with E-state index in [4.69, 9.17) is 5.73 Å². The van der Waals surface area contributed by atoms with Crippen LogP contribution >= 0.6 is 0 Å². The molecular weight excluding hydrogens is 194 g/mol. The van der Waals surface area contributed by atoms with Crippen LogP contribution in [0.5, 0.6) is 0 Å². The summed E-state index contributed by atoms with van der Waals surface area (Å²) >= 11 is 0. The van der Waals surface area contributed by atoms with E-state index in [9.17, 15) is 9.59 Å². The van der Waals surface area contributed by atoms with Crippen LogP contribution in [0.2, 0.25) is 0 Å². The predicted octanol–water partition coefficient (Wildman–Crippen LogP) is -0.521. The quantitative estimate of drug-likeness (QED) is 0.703. The Hall–Kier alpha value is -1.75. The number of nitrogens with two attached hydrogens (primary N) is 1. The first-order valence-corrected chi connectivity index (χ1v) is 4.50. The van der Waals surface area contributed by atoms with Gasteiger partial charge in [-0.05, 0) is 12.1 Å². The van der Waals surface area contributed by atoms with E-state index in [-0.39, 0.29) is 25.5 Å². The zero-order valence-corrected chi connectivity index (χ0v) is 8.22. The maximum Gasteiger partial charge on any atom is 0.237 e. The third-order valence-corrected chi connectivity index (χ3v) is 1.86. The van der Waals surface area contributed by atoms with E-state index in [1.807, 2.05) is 6.07 Å². The molecule has 5 heteroatoms. The van der Waals surface area contributed by atoms with Gasteiger partial charge in [-0.1, -0.05) is 6.07 Å². The van der Waals surface area contributed by atoms with E-state index in [1.165, 1.54) is 4.90 Å². The van der Waals surface area contributed by atoms with Crippen molar-refractivity contribution in [1.29, 1.82) is 0 Å². The summed E-state index contributed by atoms with van der Waals surface area (Å²) in [6.07, 6.45) is 3.31. The topological polar surface area (TPSA) is 76.3 Å². The van der Waals surface area contributed by atoms with E-state index in [2.05, 4.69) is 4.98 Å². The molecule has 0 aliphatic rings. The molecule has 79 valence electrons. The van der Waals surface area contributed by atoms with E-state index < -0.39 is 0 Å². The predicted molar refractivity (Wildman–Crippen MR) is 54.4 cm³/mol. The smallest absolute Gasteiger partial charge is 0.237 e. The second-order valence-electron chi connectivity index (χ2n) is 2.92. The van der Waals surface area contributed by atoms with Gasteiger partial charge in [0.25, 0.3) is 0 Å². The molecule has 1 aromatic heterocycles. The Kier molecular flexibility index (Phi) is 4.43. The van der Waals surface area contributed by atoms with Gasteiger partial charge in [-0.15, -0.1) is 0 Å². The largest absolute Gasteiger partial charge is 0.328 e. The van der Waals surface area contributed by atoms with E-state index in [1.54, 1.807) is 24.6 Å². The van der Waals surface area contributed by atoms with E-state index in [0.717, 1.165) is 5.69 Å². The summed E-state index contributed by atoms with van der Waals surface area (Å²) in [7, 11) is 0. The van der Waals surface area contributed by atoms with Crippen LogP contribution in [0.15, 0.2) is 24.4 Å². The lowest BCUT2D eigenvalue weighted by atomic mass is 10.3. The molecule has 0 aliphatic heterocycles. The van der Waals surface area contributed by atoms with E-state index >= 15 is 0 Å². The Morgan fingerprint density at radius 1 is 1.53 bits per heavy atom. The molecule has 0 aliphatic carbocycles. The number of hydrogen-bond donors (Lipinski definition) is 1. The fourth-order valence-electron chi connectivity index (χ4n) is 1.13. The Labute approximate surface area is 87.9 Å². The second kappa shape index (κ2) is 5.87. The number of aromatic nitrogens is 1. The van der Waals surface area contributed by atoms with Crippen molar-refractivity contribution in [2.24, 2.45) is 5.73 Å². The molecule has 0 saturated heterocycles. The minimum Gasteiger partial charge on any atom is -0.328 e. The van der Waals surface area contributed by atoms with Crippen molar-refractivity contribution in [3.05, 3.63) is 30.1 Å². The molecule has 0 aromatic carbocycles. The first-order valence-electron chi connectivity index (χ1n) is 4.50. The van der Waals surface area contributed by atoms with Crippen molar-refractivity contribution in [3.8, 4) is 0 Å². The van der Waals surface area contributed by atoms with Gasteiger partial charge in [0.05, 0.1) is 25.3 Å². The van der Waals surface area contributed by atoms with Crippen LogP contribution in [-0.4, -0.2) is 35.2 Å². The monoisotopic (exact) mass is 206 g/mol. The standard InChI is InChI=1S/C10H12N3O2/c11-7-10(15)13(5-6-14)8-9-3-1-2-4-12-9/h1-4H,5,7-8,11H2. The van der Waals surface area contributed by atoms with Crippen molar-refractivity contribution < 1.29 is 9.59 Å². The number of amides is 1. The van der Waals surface area contributed by atoms with Gasteiger partial charge in [0.2, 0.25) is 12.2 Å². The minimum atomic E-state index is -0.288. The highest BCUT2D eigenvalue weighted by Crippen LogP contribution is 2.00. The summed E-state index contributed by atoms with van der Waals surface area (Å²) in [4.78, 5) is 26.9. The summed E-state index contributed by atoms with van der Waals surface area (Å²) in [5, 5.41) is 0. The average molecular weight is 206 g/mol. The molecular formula is C10H12N3O2. The molecule has 5 nitrogen and oxygen atoms in total. The fourth-order valence-corrected chi connectivity index (χ4v) is 1.13. The van der Waals surface area contributed by atoms with Crippen LogP contribution in [0.3, 0.4) is 0 Å². The number of carbonyl (C=O) groups excluding carboxylic acids is 2. The van der Waals surface area contributed by atoms with Gasteiger partial charge in [-0.25, -0.2) is 0 Å². The van der Waals surface area contributed by atoms with Crippen LogP contribution in [0.4, 0.5) is 0 Å². The van der Waals surface area contributed by atoms with Crippen LogP contribution < -0.4 is 5.73 Å². The zero-order valence-electron chi connectivity index (χ0n) is 8.22. The molecule has 0 unspecified atom stereocenters. The molecule has 15 heavy (non-hydrogen) atoms. The molecule has 0 bridgehead atoms. The molecule has 0 saturated carbocycles. The van der Waals surface area contributed by atoms with Gasteiger partial charge < -0.3 is 10.6 Å². The lowest BCUT2D eigenvalue weighted by Gasteiger charge is -2.18. The molecule has 1 aromatic rings. The molecule has 1 radical (unpaired) electrons. The van der Waals surface area contributed by atoms with Gasteiger partial charge >= 0.3 is 0 Å². The maximum absolute atomic E-state index is 11.3. The van der Waals surface area contributed by atoms with Crippen LogP contribution in [0, 0.1) is 0 Å². The van der Waals surface area contributed by atoms with Crippen molar-refractivity contribution in [2.75, 3.05) is 13.1 Å². The summed E-state index contributed by atoms with van der Waals surface area (Å²) in [5.74, 6) is -0.288. The summed E-state index contributed by atoms with van der Waals surface area (Å²) in [6, 6.07) is 5.38. The molecule has 0 fully saturated rings. The number of hydrogen-bond acceptors (Lipinski definition) is 4. The van der Waals surface area contributed by atoms with Crippen molar-refractivity contribution in [3.63, 3.8) is 0 Å². The number of pyridine rings is 1. The maximum atomic E-state index is 11.3. The highest BCUT2D eigenvalue weighted by molar-refractivity contribution is 5.80. The Morgan fingerprint density at radius 2 is 2.33 bits per heavy atom. The van der Waals surface area contributed by atoms with Crippen LogP contribution in [0.25, 0.3) is 0 Å². The number of nitrogens with zero attached hydrogens (tertiary/aromatic N) is 2. The molecule has 2 N–H and O–H groups in total. The third kappa shape index (κ3) is 3.47. The first kappa shape index (κ1) is 11.3. The van der Waals surface area contributed by atoms with Crippen molar-refractivity contribution in [1.82, 2.24) is 9.88 Å². The molecule has 1 heterocycles. The van der Waals surface area contributed by atoms with Gasteiger partial charge in [0, 0.05) is 6.20 Å². The molecule has 0 spiro atoms. The fraction of sp³-hybridized carbons (Fsp3) is 0.300. The molecule has 1 amide bonds. The summed E-state index contributed by atoms with van der Waals surface area (Å²) in [5.41, 5.74) is 5.93. The van der Waals surface area contributed by atoms with Gasteiger partial charge in [0.1, 0.15) is 0 Å². The third-order valence-electron chi connectivity index (χ3n) is 1.86. The zero-order chi connectivity index (χ0) is 11.1. The number of carbonyl (C=O) groups is 1.